The van der Waals surface area contributed by atoms with Crippen LogP contribution in [0.3, 0.4) is 0 Å². The lowest BCUT2D eigenvalue weighted by molar-refractivity contribution is 0.671. The lowest BCUT2D eigenvalue weighted by atomic mass is 10.2. The predicted octanol–water partition coefficient (Wildman–Crippen LogP) is 4.87. The summed E-state index contributed by atoms with van der Waals surface area (Å²) in [6.45, 7) is 4.21. The van der Waals surface area contributed by atoms with Crippen molar-refractivity contribution in [2.24, 2.45) is 0 Å². The molecule has 0 radical (unpaired) electrons. The summed E-state index contributed by atoms with van der Waals surface area (Å²) in [5.41, 5.74) is 3.29. The van der Waals surface area contributed by atoms with Gasteiger partial charge in [0.1, 0.15) is 11.0 Å². The van der Waals surface area contributed by atoms with Crippen LogP contribution in [0.15, 0.2) is 83.3 Å². The summed E-state index contributed by atoms with van der Waals surface area (Å²) in [6, 6.07) is 18.0. The summed E-state index contributed by atoms with van der Waals surface area (Å²) in [5, 5.41) is 1.67. The van der Waals surface area contributed by atoms with Crippen LogP contribution in [-0.4, -0.2) is 20.3 Å². The number of aromatic nitrogens is 3. The zero-order valence-electron chi connectivity index (χ0n) is 14.8. The van der Waals surface area contributed by atoms with E-state index in [4.69, 9.17) is 4.98 Å². The largest absolute Gasteiger partial charge is 0.349 e. The Morgan fingerprint density at radius 1 is 1.11 bits per heavy atom. The van der Waals surface area contributed by atoms with E-state index >= 15 is 0 Å². The summed E-state index contributed by atoms with van der Waals surface area (Å²) in [5.74, 6) is 0.729. The summed E-state index contributed by atoms with van der Waals surface area (Å²) in [7, 11) is 0. The third kappa shape index (κ3) is 3.46. The normalized spacial score (nSPS) is 11.6. The van der Waals surface area contributed by atoms with Crippen LogP contribution in [0.4, 0.5) is 0 Å². The van der Waals surface area contributed by atoms with Gasteiger partial charge in [-0.3, -0.25) is 9.36 Å². The van der Waals surface area contributed by atoms with Gasteiger partial charge in [-0.15, -0.1) is 6.58 Å². The number of para-hydroxylation sites is 1. The van der Waals surface area contributed by atoms with Crippen molar-refractivity contribution in [1.82, 2.24) is 14.5 Å². The molecule has 4 rings (SSSR count). The quantitative estimate of drug-likeness (QED) is 0.298. The number of hydrogen-bond donors (Lipinski definition) is 1. The van der Waals surface area contributed by atoms with E-state index in [0.29, 0.717) is 17.2 Å². The lowest BCUT2D eigenvalue weighted by Gasteiger charge is -2.09. The van der Waals surface area contributed by atoms with Crippen molar-refractivity contribution in [2.45, 2.75) is 11.7 Å². The minimum Gasteiger partial charge on any atom is -0.349 e. The van der Waals surface area contributed by atoms with Crippen LogP contribution in [0.25, 0.3) is 28.0 Å². The topological polar surface area (TPSA) is 50.7 Å². The van der Waals surface area contributed by atoms with Crippen LogP contribution in [0.5, 0.6) is 0 Å². The van der Waals surface area contributed by atoms with Gasteiger partial charge in [0.15, 0.2) is 5.16 Å². The molecule has 5 heteroatoms. The van der Waals surface area contributed by atoms with Crippen LogP contribution in [-0.2, 0) is 6.54 Å². The average Bonchev–Trinajstić information content (AvgIpc) is 3.08. The molecule has 0 saturated carbocycles. The minimum atomic E-state index is -0.0642. The van der Waals surface area contributed by atoms with Gasteiger partial charge in [0.2, 0.25) is 0 Å². The third-order valence-corrected chi connectivity index (χ3v) is 5.24. The number of benzene rings is 2. The number of nitrogens with zero attached hydrogens (tertiary/aromatic N) is 2. The number of allylic oxidation sites excluding steroid dienone is 1. The second kappa shape index (κ2) is 7.68. The van der Waals surface area contributed by atoms with E-state index in [9.17, 15) is 4.79 Å². The van der Waals surface area contributed by atoms with Crippen molar-refractivity contribution in [2.75, 3.05) is 5.75 Å². The lowest BCUT2D eigenvalue weighted by Crippen LogP contribution is -2.22. The van der Waals surface area contributed by atoms with Crippen LogP contribution in [0, 0.1) is 0 Å². The first kappa shape index (κ1) is 17.4. The van der Waals surface area contributed by atoms with E-state index in [1.807, 2.05) is 42.5 Å². The molecule has 0 unspecified atom stereocenters. The van der Waals surface area contributed by atoms with Crippen molar-refractivity contribution >= 4 is 39.8 Å². The monoisotopic (exact) mass is 373 g/mol. The standard InChI is InChI=1S/C22H19N3OS/c1-2-14-25-21(26)20-19(17-12-6-7-13-18(17)23-20)24-22(25)27-15-8-11-16-9-4-3-5-10-16/h2-13,23H,1,14-15H2. The average molecular weight is 373 g/mol. The number of fused-ring (bicyclic) bond motifs is 3. The van der Waals surface area contributed by atoms with Gasteiger partial charge in [-0.25, -0.2) is 4.98 Å². The smallest absolute Gasteiger partial charge is 0.278 e. The zero-order chi connectivity index (χ0) is 18.6. The van der Waals surface area contributed by atoms with Crippen molar-refractivity contribution in [3.8, 4) is 0 Å². The highest BCUT2D eigenvalue weighted by molar-refractivity contribution is 7.99. The van der Waals surface area contributed by atoms with Crippen LogP contribution < -0.4 is 5.56 Å². The fraction of sp³-hybridized carbons (Fsp3) is 0.0909. The Bertz CT molecular complexity index is 1190. The van der Waals surface area contributed by atoms with E-state index in [-0.39, 0.29) is 5.56 Å². The number of nitrogens with one attached hydrogen (secondary N) is 1. The Labute approximate surface area is 161 Å². The molecule has 27 heavy (non-hydrogen) atoms. The molecule has 0 aliphatic heterocycles. The fourth-order valence-corrected chi connectivity index (χ4v) is 3.86. The maximum Gasteiger partial charge on any atom is 0.278 e. The third-order valence-electron chi connectivity index (χ3n) is 4.31. The van der Waals surface area contributed by atoms with Crippen molar-refractivity contribution in [3.63, 3.8) is 0 Å². The molecule has 0 spiro atoms. The predicted molar refractivity (Wildman–Crippen MR) is 114 cm³/mol. The number of thioether (sulfide) groups is 1. The van der Waals surface area contributed by atoms with Gasteiger partial charge in [0, 0.05) is 23.2 Å². The number of rotatable bonds is 6. The Hall–Kier alpha value is -3.05. The van der Waals surface area contributed by atoms with E-state index in [1.54, 1.807) is 22.4 Å². The Kier molecular flexibility index (Phi) is 4.94. The van der Waals surface area contributed by atoms with Crippen LogP contribution >= 0.6 is 11.8 Å². The van der Waals surface area contributed by atoms with Gasteiger partial charge < -0.3 is 4.98 Å². The minimum absolute atomic E-state index is 0.0642. The van der Waals surface area contributed by atoms with Crippen molar-refractivity contribution in [3.05, 3.63) is 89.2 Å². The highest BCUT2D eigenvalue weighted by Crippen LogP contribution is 2.24. The number of hydrogen-bond acceptors (Lipinski definition) is 3. The van der Waals surface area contributed by atoms with Crippen molar-refractivity contribution < 1.29 is 0 Å². The first-order valence-electron chi connectivity index (χ1n) is 8.74. The van der Waals surface area contributed by atoms with E-state index in [0.717, 1.165) is 27.7 Å². The van der Waals surface area contributed by atoms with E-state index < -0.39 is 0 Å². The molecule has 4 aromatic rings. The second-order valence-electron chi connectivity index (χ2n) is 6.12. The van der Waals surface area contributed by atoms with E-state index in [1.165, 1.54) is 0 Å². The molecule has 0 aliphatic carbocycles. The fourth-order valence-electron chi connectivity index (χ4n) is 3.05. The molecule has 134 valence electrons. The second-order valence-corrected chi connectivity index (χ2v) is 7.10. The maximum atomic E-state index is 13.0. The summed E-state index contributed by atoms with van der Waals surface area (Å²) in [4.78, 5) is 21.0. The molecular formula is C22H19N3OS. The number of H-pyrrole nitrogens is 1. The molecule has 2 aromatic heterocycles. The van der Waals surface area contributed by atoms with Gasteiger partial charge in [0.05, 0.1) is 0 Å². The zero-order valence-corrected chi connectivity index (χ0v) is 15.6. The SMILES string of the molecule is C=CCn1c(SCC=Cc2ccccc2)nc2c([nH]c3ccccc32)c1=O. The summed E-state index contributed by atoms with van der Waals surface area (Å²) < 4.78 is 1.67. The first-order chi connectivity index (χ1) is 13.3. The maximum absolute atomic E-state index is 13.0. The van der Waals surface area contributed by atoms with Gasteiger partial charge in [-0.2, -0.15) is 0 Å². The highest BCUT2D eigenvalue weighted by Gasteiger charge is 2.14. The Morgan fingerprint density at radius 2 is 1.89 bits per heavy atom. The molecule has 0 saturated heterocycles. The van der Waals surface area contributed by atoms with Crippen LogP contribution in [0.2, 0.25) is 0 Å². The highest BCUT2D eigenvalue weighted by atomic mass is 32.2. The molecular weight excluding hydrogens is 354 g/mol. The Morgan fingerprint density at radius 3 is 2.70 bits per heavy atom. The van der Waals surface area contributed by atoms with E-state index in [2.05, 4.69) is 35.8 Å². The van der Waals surface area contributed by atoms with Gasteiger partial charge in [0.25, 0.3) is 5.56 Å². The van der Waals surface area contributed by atoms with Gasteiger partial charge in [-0.1, -0.05) is 78.5 Å². The van der Waals surface area contributed by atoms with Crippen LogP contribution in [0.1, 0.15) is 5.56 Å². The molecule has 0 bridgehead atoms. The number of aromatic amines is 1. The molecule has 0 amide bonds. The molecule has 1 N–H and O–H groups in total. The van der Waals surface area contributed by atoms with Crippen molar-refractivity contribution in [1.29, 1.82) is 0 Å². The first-order valence-corrected chi connectivity index (χ1v) is 9.73. The Balaban J connectivity index is 1.70. The molecule has 0 fully saturated rings. The summed E-state index contributed by atoms with van der Waals surface area (Å²) in [6.07, 6.45) is 5.89. The van der Waals surface area contributed by atoms with Gasteiger partial charge >= 0.3 is 0 Å². The molecule has 2 heterocycles. The molecule has 0 atom stereocenters. The molecule has 2 aromatic carbocycles. The molecule has 0 aliphatic rings. The molecule has 4 nitrogen and oxygen atoms in total. The van der Waals surface area contributed by atoms with Gasteiger partial charge in [-0.05, 0) is 11.6 Å². The summed E-state index contributed by atoms with van der Waals surface area (Å²) >= 11 is 1.55.